The van der Waals surface area contributed by atoms with E-state index in [9.17, 15) is 0 Å². The van der Waals surface area contributed by atoms with Crippen molar-refractivity contribution < 1.29 is 9.15 Å². The third-order valence-electron chi connectivity index (χ3n) is 2.70. The van der Waals surface area contributed by atoms with E-state index in [2.05, 4.69) is 4.98 Å². The minimum atomic E-state index is 0.170. The standard InChI is InChI=1S/C14H11ClN2O2/c15-10-7-9(8-16)5-6-12(10)18-14-17-11-3-1-2-4-13(11)19-14/h1-7H,8,16H2. The van der Waals surface area contributed by atoms with Gasteiger partial charge in [-0.3, -0.25) is 0 Å². The molecule has 5 heteroatoms. The average Bonchev–Trinajstić information content (AvgIpc) is 2.83. The van der Waals surface area contributed by atoms with Crippen molar-refractivity contribution in [2.24, 2.45) is 5.73 Å². The summed E-state index contributed by atoms with van der Waals surface area (Å²) in [7, 11) is 0. The Labute approximate surface area is 114 Å². The van der Waals surface area contributed by atoms with Crippen molar-refractivity contribution in [3.63, 3.8) is 0 Å². The number of ether oxygens (including phenoxy) is 1. The Kier molecular flexibility index (Phi) is 3.11. The molecule has 0 fully saturated rings. The summed E-state index contributed by atoms with van der Waals surface area (Å²) in [4.78, 5) is 4.22. The minimum Gasteiger partial charge on any atom is -0.409 e. The van der Waals surface area contributed by atoms with Gasteiger partial charge in [0.1, 0.15) is 5.52 Å². The van der Waals surface area contributed by atoms with Gasteiger partial charge in [-0.25, -0.2) is 0 Å². The van der Waals surface area contributed by atoms with Crippen molar-refractivity contribution in [1.29, 1.82) is 0 Å². The van der Waals surface area contributed by atoms with Crippen LogP contribution in [0.5, 0.6) is 11.8 Å². The van der Waals surface area contributed by atoms with Crippen LogP contribution >= 0.6 is 11.6 Å². The number of fused-ring (bicyclic) bond motifs is 1. The van der Waals surface area contributed by atoms with Gasteiger partial charge in [0.25, 0.3) is 0 Å². The minimum absolute atomic E-state index is 0.170. The van der Waals surface area contributed by atoms with Gasteiger partial charge in [-0.1, -0.05) is 29.8 Å². The van der Waals surface area contributed by atoms with Gasteiger partial charge in [-0.2, -0.15) is 4.98 Å². The average molecular weight is 275 g/mol. The summed E-state index contributed by atoms with van der Waals surface area (Å²) in [6.07, 6.45) is 0.170. The van der Waals surface area contributed by atoms with E-state index < -0.39 is 0 Å². The Balaban J connectivity index is 1.92. The molecule has 0 spiro atoms. The van der Waals surface area contributed by atoms with E-state index in [1.807, 2.05) is 30.3 Å². The molecule has 3 rings (SSSR count). The predicted octanol–water partition coefficient (Wildman–Crippen LogP) is 3.73. The molecule has 0 unspecified atom stereocenters. The normalized spacial score (nSPS) is 10.8. The van der Waals surface area contributed by atoms with Gasteiger partial charge in [-0.05, 0) is 29.8 Å². The molecule has 19 heavy (non-hydrogen) atoms. The second kappa shape index (κ2) is 4.91. The first-order valence-corrected chi connectivity index (χ1v) is 6.16. The van der Waals surface area contributed by atoms with Crippen molar-refractivity contribution in [2.75, 3.05) is 0 Å². The molecule has 3 aromatic rings. The monoisotopic (exact) mass is 274 g/mol. The Bertz CT molecular complexity index is 691. The van der Waals surface area contributed by atoms with Crippen LogP contribution in [0.2, 0.25) is 5.02 Å². The van der Waals surface area contributed by atoms with Crippen LogP contribution in [0, 0.1) is 0 Å². The van der Waals surface area contributed by atoms with Crippen LogP contribution in [0.25, 0.3) is 11.1 Å². The highest BCUT2D eigenvalue weighted by molar-refractivity contribution is 6.32. The molecule has 0 aliphatic heterocycles. The maximum absolute atomic E-state index is 6.11. The highest BCUT2D eigenvalue weighted by Crippen LogP contribution is 2.31. The van der Waals surface area contributed by atoms with Crippen molar-refractivity contribution in [1.82, 2.24) is 4.98 Å². The van der Waals surface area contributed by atoms with Gasteiger partial charge in [0.15, 0.2) is 11.3 Å². The van der Waals surface area contributed by atoms with Gasteiger partial charge >= 0.3 is 6.08 Å². The predicted molar refractivity (Wildman–Crippen MR) is 73.4 cm³/mol. The van der Waals surface area contributed by atoms with Gasteiger partial charge < -0.3 is 14.9 Å². The molecule has 0 aliphatic rings. The SMILES string of the molecule is NCc1ccc(Oc2nc3ccccc3o2)c(Cl)c1. The van der Waals surface area contributed by atoms with E-state index in [0.29, 0.717) is 22.9 Å². The highest BCUT2D eigenvalue weighted by atomic mass is 35.5. The molecule has 1 aromatic heterocycles. The van der Waals surface area contributed by atoms with Crippen LogP contribution in [0.4, 0.5) is 0 Å². The summed E-state index contributed by atoms with van der Waals surface area (Å²) < 4.78 is 11.0. The second-order valence-electron chi connectivity index (χ2n) is 4.02. The molecule has 0 saturated carbocycles. The summed E-state index contributed by atoms with van der Waals surface area (Å²) in [6, 6.07) is 12.8. The van der Waals surface area contributed by atoms with Crippen LogP contribution in [0.1, 0.15) is 5.56 Å². The van der Waals surface area contributed by atoms with Gasteiger partial charge in [0.05, 0.1) is 5.02 Å². The van der Waals surface area contributed by atoms with Crippen molar-refractivity contribution in [2.45, 2.75) is 6.54 Å². The number of oxazole rings is 1. The quantitative estimate of drug-likeness (QED) is 0.790. The molecule has 0 radical (unpaired) electrons. The number of nitrogens with two attached hydrogens (primary N) is 1. The Morgan fingerprint density at radius 1 is 1.21 bits per heavy atom. The highest BCUT2D eigenvalue weighted by Gasteiger charge is 2.10. The maximum atomic E-state index is 6.11. The fraction of sp³-hybridized carbons (Fsp3) is 0.0714. The lowest BCUT2D eigenvalue weighted by molar-refractivity contribution is 0.343. The zero-order valence-electron chi connectivity index (χ0n) is 9.97. The summed E-state index contributed by atoms with van der Waals surface area (Å²) >= 11 is 6.11. The van der Waals surface area contributed by atoms with Gasteiger partial charge in [0.2, 0.25) is 0 Å². The number of aromatic nitrogens is 1. The molecule has 4 nitrogen and oxygen atoms in total. The van der Waals surface area contributed by atoms with Crippen molar-refractivity contribution in [3.8, 4) is 11.8 Å². The largest absolute Gasteiger partial charge is 0.409 e. The van der Waals surface area contributed by atoms with Crippen molar-refractivity contribution in [3.05, 3.63) is 53.1 Å². The number of benzene rings is 2. The number of hydrogen-bond acceptors (Lipinski definition) is 4. The van der Waals surface area contributed by atoms with E-state index in [0.717, 1.165) is 11.1 Å². The summed E-state index contributed by atoms with van der Waals surface area (Å²) in [5.41, 5.74) is 7.90. The molecule has 0 aliphatic carbocycles. The first-order chi connectivity index (χ1) is 9.26. The summed E-state index contributed by atoms with van der Waals surface area (Å²) in [6.45, 7) is 0.433. The van der Waals surface area contributed by atoms with E-state index in [-0.39, 0.29) is 6.08 Å². The number of rotatable bonds is 3. The molecule has 2 N–H and O–H groups in total. The Hall–Kier alpha value is -2.04. The summed E-state index contributed by atoms with van der Waals surface area (Å²) in [5, 5.41) is 0.477. The molecule has 2 aromatic carbocycles. The molecule has 0 amide bonds. The third-order valence-corrected chi connectivity index (χ3v) is 3.00. The lowest BCUT2D eigenvalue weighted by Gasteiger charge is -2.04. The number of nitrogens with zero attached hydrogens (tertiary/aromatic N) is 1. The molecule has 0 bridgehead atoms. The lowest BCUT2D eigenvalue weighted by atomic mass is 10.2. The summed E-state index contributed by atoms with van der Waals surface area (Å²) in [5.74, 6) is 0.491. The van der Waals surface area contributed by atoms with Crippen LogP contribution in [-0.2, 0) is 6.54 Å². The second-order valence-corrected chi connectivity index (χ2v) is 4.43. The van der Waals surface area contributed by atoms with Crippen molar-refractivity contribution >= 4 is 22.7 Å². The smallest absolute Gasteiger partial charge is 0.400 e. The zero-order chi connectivity index (χ0) is 13.2. The Morgan fingerprint density at radius 3 is 2.79 bits per heavy atom. The first-order valence-electron chi connectivity index (χ1n) is 5.78. The molecular weight excluding hydrogens is 264 g/mol. The topological polar surface area (TPSA) is 61.3 Å². The lowest BCUT2D eigenvalue weighted by Crippen LogP contribution is -1.96. The van der Waals surface area contributed by atoms with E-state index in [4.69, 9.17) is 26.5 Å². The molecule has 0 atom stereocenters. The molecule has 1 heterocycles. The van der Waals surface area contributed by atoms with Crippen LogP contribution in [0.15, 0.2) is 46.9 Å². The fourth-order valence-corrected chi connectivity index (χ4v) is 1.98. The van der Waals surface area contributed by atoms with Crippen LogP contribution in [0.3, 0.4) is 0 Å². The fourth-order valence-electron chi connectivity index (χ4n) is 1.74. The van der Waals surface area contributed by atoms with Crippen LogP contribution < -0.4 is 10.5 Å². The Morgan fingerprint density at radius 2 is 2.05 bits per heavy atom. The molecular formula is C14H11ClN2O2. The van der Waals surface area contributed by atoms with Crippen LogP contribution in [-0.4, -0.2) is 4.98 Å². The number of hydrogen-bond donors (Lipinski definition) is 1. The van der Waals surface area contributed by atoms with E-state index in [1.54, 1.807) is 12.1 Å². The van der Waals surface area contributed by atoms with E-state index in [1.165, 1.54) is 0 Å². The number of halogens is 1. The number of para-hydroxylation sites is 2. The molecule has 0 saturated heterocycles. The maximum Gasteiger partial charge on any atom is 0.400 e. The zero-order valence-corrected chi connectivity index (χ0v) is 10.7. The molecule has 96 valence electrons. The third kappa shape index (κ3) is 2.41. The van der Waals surface area contributed by atoms with E-state index >= 15 is 0 Å². The first kappa shape index (κ1) is 12.0. The van der Waals surface area contributed by atoms with Gasteiger partial charge in [-0.15, -0.1) is 0 Å². The van der Waals surface area contributed by atoms with Gasteiger partial charge in [0, 0.05) is 6.54 Å².